The Morgan fingerprint density at radius 1 is 1.42 bits per heavy atom. The van der Waals surface area contributed by atoms with Gasteiger partial charge in [-0.2, -0.15) is 0 Å². The van der Waals surface area contributed by atoms with Gasteiger partial charge in [-0.25, -0.2) is 17.9 Å². The van der Waals surface area contributed by atoms with Crippen molar-refractivity contribution < 1.29 is 17.6 Å². The van der Waals surface area contributed by atoms with Crippen molar-refractivity contribution in [1.29, 1.82) is 0 Å². The van der Waals surface area contributed by atoms with Crippen LogP contribution in [0.3, 0.4) is 0 Å². The Morgan fingerprint density at radius 3 is 2.68 bits per heavy atom. The smallest absolute Gasteiger partial charge is 0.227 e. The van der Waals surface area contributed by atoms with Crippen molar-refractivity contribution in [3.05, 3.63) is 24.0 Å². The van der Waals surface area contributed by atoms with E-state index in [4.69, 9.17) is 10.9 Å². The Balaban J connectivity index is 2.26. The Kier molecular flexibility index (Phi) is 3.46. The number of halogens is 1. The number of rotatable bonds is 3. The summed E-state index contributed by atoms with van der Waals surface area (Å²) >= 11 is 0. The maximum absolute atomic E-state index is 13.7. The Labute approximate surface area is 110 Å². The first-order valence-corrected chi connectivity index (χ1v) is 7.34. The number of para-hydroxylation sites is 1. The average Bonchev–Trinajstić information content (AvgIpc) is 2.56. The first kappa shape index (κ1) is 13.8. The summed E-state index contributed by atoms with van der Waals surface area (Å²) in [5.41, 5.74) is 5.81. The van der Waals surface area contributed by atoms with Crippen LogP contribution >= 0.6 is 0 Å². The normalized spacial score (nSPS) is 20.0. The minimum atomic E-state index is -3.66. The second-order valence-electron chi connectivity index (χ2n) is 4.58. The zero-order chi connectivity index (χ0) is 14.2. The lowest BCUT2D eigenvalue weighted by molar-refractivity contribution is -0.117. The van der Waals surface area contributed by atoms with E-state index in [-0.39, 0.29) is 36.0 Å². The first-order chi connectivity index (χ1) is 8.78. The molecule has 1 aliphatic rings. The summed E-state index contributed by atoms with van der Waals surface area (Å²) < 4.78 is 35.8. The fraction of sp³-hybridized carbons (Fsp3) is 0.364. The summed E-state index contributed by atoms with van der Waals surface area (Å²) in [5.74, 6) is -1.71. The predicted octanol–water partition coefficient (Wildman–Crippen LogP) is 0.0493. The molecule has 8 heteroatoms. The topological polar surface area (TPSA) is 106 Å². The zero-order valence-corrected chi connectivity index (χ0v) is 10.9. The molecular formula is C11H14FN3O3S. The van der Waals surface area contributed by atoms with Crippen molar-refractivity contribution in [3.8, 4) is 0 Å². The molecule has 1 aliphatic heterocycles. The number of nitrogen functional groups attached to an aromatic ring is 1. The number of hydrogen-bond donors (Lipinski definition) is 2. The van der Waals surface area contributed by atoms with Crippen LogP contribution in [0.15, 0.2) is 18.2 Å². The monoisotopic (exact) mass is 287 g/mol. The minimum Gasteiger partial charge on any atom is -0.397 e. The lowest BCUT2D eigenvalue weighted by Gasteiger charge is -2.19. The van der Waals surface area contributed by atoms with Gasteiger partial charge in [0.05, 0.1) is 11.4 Å². The highest BCUT2D eigenvalue weighted by molar-refractivity contribution is 7.89. The van der Waals surface area contributed by atoms with Crippen molar-refractivity contribution in [2.75, 3.05) is 22.9 Å². The molecule has 0 bridgehead atoms. The molecule has 1 saturated heterocycles. The quantitative estimate of drug-likeness (QED) is 0.766. The summed E-state index contributed by atoms with van der Waals surface area (Å²) in [6.07, 6.45) is 0.0181. The van der Waals surface area contributed by atoms with Gasteiger partial charge < -0.3 is 10.6 Å². The van der Waals surface area contributed by atoms with E-state index in [1.54, 1.807) is 0 Å². The van der Waals surface area contributed by atoms with Gasteiger partial charge in [-0.15, -0.1) is 0 Å². The third-order valence-corrected chi connectivity index (χ3v) is 3.90. The highest BCUT2D eigenvalue weighted by atomic mass is 32.2. The molecule has 0 saturated carbocycles. The van der Waals surface area contributed by atoms with Gasteiger partial charge in [-0.1, -0.05) is 6.07 Å². The van der Waals surface area contributed by atoms with Crippen molar-refractivity contribution in [3.63, 3.8) is 0 Å². The summed E-state index contributed by atoms with van der Waals surface area (Å²) in [7, 11) is -3.66. The number of nitrogens with zero attached hydrogens (tertiary/aromatic N) is 1. The first-order valence-electron chi connectivity index (χ1n) is 5.63. The molecule has 2 rings (SSSR count). The fourth-order valence-corrected chi connectivity index (χ4v) is 3.13. The molecule has 0 aliphatic carbocycles. The largest absolute Gasteiger partial charge is 0.397 e. The number of primary sulfonamides is 1. The molecule has 1 atom stereocenters. The van der Waals surface area contributed by atoms with Gasteiger partial charge in [0.25, 0.3) is 0 Å². The lowest BCUT2D eigenvalue weighted by atomic mass is 10.1. The number of hydrogen-bond acceptors (Lipinski definition) is 4. The Bertz CT molecular complexity index is 597. The highest BCUT2D eigenvalue weighted by Crippen LogP contribution is 2.32. The molecule has 0 radical (unpaired) electrons. The van der Waals surface area contributed by atoms with E-state index in [0.29, 0.717) is 0 Å². The zero-order valence-electron chi connectivity index (χ0n) is 10.0. The number of nitrogens with two attached hydrogens (primary N) is 2. The molecule has 6 nitrogen and oxygen atoms in total. The van der Waals surface area contributed by atoms with Crippen LogP contribution in [0, 0.1) is 11.7 Å². The highest BCUT2D eigenvalue weighted by Gasteiger charge is 2.34. The Morgan fingerprint density at radius 2 is 2.11 bits per heavy atom. The molecular weight excluding hydrogens is 273 g/mol. The van der Waals surface area contributed by atoms with E-state index in [2.05, 4.69) is 0 Å². The number of anilines is 2. The van der Waals surface area contributed by atoms with Crippen molar-refractivity contribution in [2.45, 2.75) is 6.42 Å². The van der Waals surface area contributed by atoms with Crippen LogP contribution in [0.5, 0.6) is 0 Å². The average molecular weight is 287 g/mol. The Hall–Kier alpha value is -1.67. The van der Waals surface area contributed by atoms with Crippen LogP contribution < -0.4 is 15.8 Å². The molecule has 1 amide bonds. The second kappa shape index (κ2) is 4.78. The molecule has 1 heterocycles. The molecule has 1 fully saturated rings. The summed E-state index contributed by atoms with van der Waals surface area (Å²) in [5, 5.41) is 4.95. The van der Waals surface area contributed by atoms with E-state index >= 15 is 0 Å². The summed E-state index contributed by atoms with van der Waals surface area (Å²) in [6, 6.07) is 4.13. The van der Waals surface area contributed by atoms with Gasteiger partial charge in [-0.05, 0) is 12.1 Å². The van der Waals surface area contributed by atoms with Crippen molar-refractivity contribution in [2.24, 2.45) is 11.1 Å². The SMILES string of the molecule is Nc1cccc(F)c1N1CC(CS(N)(=O)=O)CC1=O. The molecule has 1 aromatic carbocycles. The van der Waals surface area contributed by atoms with E-state index in [0.717, 1.165) is 0 Å². The van der Waals surface area contributed by atoms with Crippen LogP contribution in [0.25, 0.3) is 0 Å². The van der Waals surface area contributed by atoms with Crippen molar-refractivity contribution >= 4 is 27.3 Å². The number of carbonyl (C=O) groups excluding carboxylic acids is 1. The number of benzene rings is 1. The minimum absolute atomic E-state index is 0.00409. The van der Waals surface area contributed by atoms with E-state index in [1.165, 1.54) is 23.1 Å². The van der Waals surface area contributed by atoms with Gasteiger partial charge in [0.15, 0.2) is 0 Å². The molecule has 0 spiro atoms. The molecule has 1 aromatic rings. The third kappa shape index (κ3) is 3.02. The lowest BCUT2D eigenvalue weighted by Crippen LogP contribution is -2.28. The number of sulfonamides is 1. The maximum Gasteiger partial charge on any atom is 0.227 e. The molecule has 0 aromatic heterocycles. The number of carbonyl (C=O) groups is 1. The number of amides is 1. The van der Waals surface area contributed by atoms with Gasteiger partial charge in [0.2, 0.25) is 15.9 Å². The maximum atomic E-state index is 13.7. The van der Waals surface area contributed by atoms with Crippen molar-refractivity contribution in [1.82, 2.24) is 0 Å². The second-order valence-corrected chi connectivity index (χ2v) is 6.24. The summed E-state index contributed by atoms with van der Waals surface area (Å²) in [6.45, 7) is 0.0976. The van der Waals surface area contributed by atoms with Gasteiger partial charge in [0, 0.05) is 18.9 Å². The third-order valence-electron chi connectivity index (χ3n) is 2.96. The molecule has 4 N–H and O–H groups in total. The van der Waals surface area contributed by atoms with Crippen LogP contribution in [0.2, 0.25) is 0 Å². The van der Waals surface area contributed by atoms with Crippen LogP contribution in [0.1, 0.15) is 6.42 Å². The van der Waals surface area contributed by atoms with Crippen LogP contribution in [0.4, 0.5) is 15.8 Å². The predicted molar refractivity (Wildman–Crippen MR) is 69.2 cm³/mol. The molecule has 104 valence electrons. The molecule has 1 unspecified atom stereocenters. The summed E-state index contributed by atoms with van der Waals surface area (Å²) in [4.78, 5) is 13.0. The van der Waals surface area contributed by atoms with Gasteiger partial charge in [-0.3, -0.25) is 4.79 Å². The molecule has 19 heavy (non-hydrogen) atoms. The van der Waals surface area contributed by atoms with Gasteiger partial charge >= 0.3 is 0 Å². The van der Waals surface area contributed by atoms with E-state index < -0.39 is 21.8 Å². The van der Waals surface area contributed by atoms with Crippen LogP contribution in [-0.2, 0) is 14.8 Å². The van der Waals surface area contributed by atoms with E-state index in [1.807, 2.05) is 0 Å². The standard InChI is InChI=1S/C11H14FN3O3S/c12-8-2-1-3-9(13)11(8)15-5-7(4-10(15)16)6-19(14,17)18/h1-3,7H,4-6,13H2,(H2,14,17,18). The van der Waals surface area contributed by atoms with Gasteiger partial charge in [0.1, 0.15) is 11.5 Å². The van der Waals surface area contributed by atoms with E-state index in [9.17, 15) is 17.6 Å². The van der Waals surface area contributed by atoms with Crippen LogP contribution in [-0.4, -0.2) is 26.6 Å². The fourth-order valence-electron chi connectivity index (χ4n) is 2.25.